The van der Waals surface area contributed by atoms with Crippen LogP contribution in [0.4, 0.5) is 11.4 Å². The summed E-state index contributed by atoms with van der Waals surface area (Å²) in [5.41, 5.74) is 1.51. The van der Waals surface area contributed by atoms with Crippen molar-refractivity contribution in [3.05, 3.63) is 34.7 Å². The first-order valence-electron chi connectivity index (χ1n) is 7.46. The molecule has 0 amide bonds. The van der Waals surface area contributed by atoms with Gasteiger partial charge in [0.2, 0.25) is 0 Å². The Kier molecular flexibility index (Phi) is 4.71. The molecule has 1 aliphatic heterocycles. The SMILES string of the molecule is Cc1noc(C)c1S(=O)(=O)Nc1cc(N2CCOCC2)ccc1Cl. The van der Waals surface area contributed by atoms with Gasteiger partial charge < -0.3 is 14.2 Å². The van der Waals surface area contributed by atoms with Gasteiger partial charge in [0.25, 0.3) is 10.0 Å². The fourth-order valence-electron chi connectivity index (χ4n) is 2.66. The second kappa shape index (κ2) is 6.62. The molecule has 0 aliphatic carbocycles. The lowest BCUT2D eigenvalue weighted by Gasteiger charge is -2.29. The summed E-state index contributed by atoms with van der Waals surface area (Å²) < 4.78 is 38.1. The highest BCUT2D eigenvalue weighted by Gasteiger charge is 2.25. The third-order valence-corrected chi connectivity index (χ3v) is 5.75. The molecule has 1 saturated heterocycles. The molecule has 2 heterocycles. The minimum Gasteiger partial charge on any atom is -0.378 e. The zero-order chi connectivity index (χ0) is 17.3. The van der Waals surface area contributed by atoms with Crippen molar-refractivity contribution in [2.45, 2.75) is 18.7 Å². The number of anilines is 2. The van der Waals surface area contributed by atoms with Crippen molar-refractivity contribution < 1.29 is 17.7 Å². The molecule has 0 bridgehead atoms. The summed E-state index contributed by atoms with van der Waals surface area (Å²) in [6.45, 7) is 5.91. The zero-order valence-electron chi connectivity index (χ0n) is 13.4. The number of nitrogens with one attached hydrogen (secondary N) is 1. The van der Waals surface area contributed by atoms with Crippen LogP contribution < -0.4 is 9.62 Å². The van der Waals surface area contributed by atoms with Crippen LogP contribution in [0.15, 0.2) is 27.6 Å². The Morgan fingerprint density at radius 2 is 1.96 bits per heavy atom. The van der Waals surface area contributed by atoms with Crippen LogP contribution in [-0.4, -0.2) is 39.9 Å². The van der Waals surface area contributed by atoms with Crippen LogP contribution in [0.1, 0.15) is 11.5 Å². The maximum absolute atomic E-state index is 12.6. The fraction of sp³-hybridized carbons (Fsp3) is 0.400. The molecule has 0 atom stereocenters. The van der Waals surface area contributed by atoms with E-state index in [-0.39, 0.29) is 10.7 Å². The number of aromatic nitrogens is 1. The summed E-state index contributed by atoms with van der Waals surface area (Å²) >= 11 is 6.17. The molecule has 0 saturated carbocycles. The summed E-state index contributed by atoms with van der Waals surface area (Å²) in [6, 6.07) is 5.27. The van der Waals surface area contributed by atoms with Gasteiger partial charge in [0.05, 0.1) is 23.9 Å². The molecule has 7 nitrogen and oxygen atoms in total. The third kappa shape index (κ3) is 3.35. The Balaban J connectivity index is 1.92. The van der Waals surface area contributed by atoms with Gasteiger partial charge in [-0.15, -0.1) is 0 Å². The Hall–Kier alpha value is -1.77. The Labute approximate surface area is 145 Å². The molecular weight excluding hydrogens is 354 g/mol. The standard InChI is InChI=1S/C15H18ClN3O4S/c1-10-15(11(2)23-17-10)24(20,21)18-14-9-12(3-4-13(14)16)19-5-7-22-8-6-19/h3-4,9,18H,5-8H2,1-2H3. The van der Waals surface area contributed by atoms with Crippen molar-refractivity contribution >= 4 is 33.0 Å². The van der Waals surface area contributed by atoms with E-state index in [1.165, 1.54) is 0 Å². The van der Waals surface area contributed by atoms with Gasteiger partial charge in [-0.2, -0.15) is 0 Å². The molecule has 130 valence electrons. The number of sulfonamides is 1. The van der Waals surface area contributed by atoms with Crippen LogP contribution in [0.25, 0.3) is 0 Å². The zero-order valence-corrected chi connectivity index (χ0v) is 14.9. The van der Waals surface area contributed by atoms with Crippen LogP contribution >= 0.6 is 11.6 Å². The molecule has 1 N–H and O–H groups in total. The van der Waals surface area contributed by atoms with Crippen molar-refractivity contribution in [2.24, 2.45) is 0 Å². The summed E-state index contributed by atoms with van der Waals surface area (Å²) in [5, 5.41) is 4.01. The average molecular weight is 372 g/mol. The van der Waals surface area contributed by atoms with Gasteiger partial charge in [0.15, 0.2) is 10.7 Å². The molecule has 24 heavy (non-hydrogen) atoms. The van der Waals surface area contributed by atoms with Gasteiger partial charge in [-0.3, -0.25) is 4.72 Å². The molecule has 1 aromatic carbocycles. The smallest absolute Gasteiger partial charge is 0.267 e. The predicted molar refractivity (Wildman–Crippen MR) is 91.3 cm³/mol. The molecule has 2 aromatic rings. The van der Waals surface area contributed by atoms with Crippen molar-refractivity contribution in [3.63, 3.8) is 0 Å². The number of halogens is 1. The first kappa shape index (κ1) is 17.1. The first-order valence-corrected chi connectivity index (χ1v) is 9.32. The van der Waals surface area contributed by atoms with Gasteiger partial charge >= 0.3 is 0 Å². The maximum Gasteiger partial charge on any atom is 0.267 e. The molecular formula is C15H18ClN3O4S. The number of rotatable bonds is 4. The summed E-state index contributed by atoms with van der Waals surface area (Å²) in [4.78, 5) is 2.16. The summed E-state index contributed by atoms with van der Waals surface area (Å²) in [6.07, 6.45) is 0. The van der Waals surface area contributed by atoms with Gasteiger partial charge in [-0.25, -0.2) is 8.42 Å². The average Bonchev–Trinajstić information content (AvgIpc) is 2.90. The van der Waals surface area contributed by atoms with Gasteiger partial charge in [0, 0.05) is 18.8 Å². The number of aryl methyl sites for hydroxylation is 2. The highest BCUT2D eigenvalue weighted by atomic mass is 35.5. The summed E-state index contributed by atoms with van der Waals surface area (Å²) in [5.74, 6) is 0.237. The van der Waals surface area contributed by atoms with Crippen LogP contribution in [0.5, 0.6) is 0 Å². The van der Waals surface area contributed by atoms with Gasteiger partial charge in [0.1, 0.15) is 5.69 Å². The maximum atomic E-state index is 12.6. The molecule has 0 spiro atoms. The molecule has 1 fully saturated rings. The van der Waals surface area contributed by atoms with Crippen molar-refractivity contribution in [3.8, 4) is 0 Å². The van der Waals surface area contributed by atoms with Crippen LogP contribution in [0.3, 0.4) is 0 Å². The van der Waals surface area contributed by atoms with E-state index < -0.39 is 10.0 Å². The normalized spacial score (nSPS) is 15.5. The molecule has 1 aliphatic rings. The second-order valence-corrected chi connectivity index (χ2v) is 7.55. The van der Waals surface area contributed by atoms with E-state index in [1.54, 1.807) is 26.0 Å². The Bertz CT molecular complexity index is 825. The quantitative estimate of drug-likeness (QED) is 0.889. The number of nitrogens with zero attached hydrogens (tertiary/aromatic N) is 2. The van der Waals surface area contributed by atoms with E-state index in [1.807, 2.05) is 6.07 Å². The molecule has 0 radical (unpaired) electrons. The van der Waals surface area contributed by atoms with Crippen molar-refractivity contribution in [1.29, 1.82) is 0 Å². The van der Waals surface area contributed by atoms with E-state index in [0.29, 0.717) is 29.6 Å². The van der Waals surface area contributed by atoms with Crippen molar-refractivity contribution in [2.75, 3.05) is 35.9 Å². The number of morpholine rings is 1. The first-order chi connectivity index (χ1) is 11.4. The monoisotopic (exact) mass is 371 g/mol. The fourth-order valence-corrected chi connectivity index (χ4v) is 4.29. The number of benzene rings is 1. The lowest BCUT2D eigenvalue weighted by molar-refractivity contribution is 0.122. The van der Waals surface area contributed by atoms with E-state index in [0.717, 1.165) is 18.8 Å². The molecule has 3 rings (SSSR count). The Morgan fingerprint density at radius 3 is 2.58 bits per heavy atom. The highest BCUT2D eigenvalue weighted by Crippen LogP contribution is 2.31. The second-order valence-electron chi connectivity index (χ2n) is 5.52. The summed E-state index contributed by atoms with van der Waals surface area (Å²) in [7, 11) is -3.84. The number of hydrogen-bond donors (Lipinski definition) is 1. The van der Waals surface area contributed by atoms with E-state index in [4.69, 9.17) is 20.9 Å². The third-order valence-electron chi connectivity index (χ3n) is 3.81. The van der Waals surface area contributed by atoms with Gasteiger partial charge in [-0.1, -0.05) is 16.8 Å². The van der Waals surface area contributed by atoms with E-state index >= 15 is 0 Å². The van der Waals surface area contributed by atoms with E-state index in [2.05, 4.69) is 14.8 Å². The Morgan fingerprint density at radius 1 is 1.25 bits per heavy atom. The van der Waals surface area contributed by atoms with Crippen LogP contribution in [0.2, 0.25) is 5.02 Å². The minimum absolute atomic E-state index is 0.0374. The highest BCUT2D eigenvalue weighted by molar-refractivity contribution is 7.92. The molecule has 9 heteroatoms. The topological polar surface area (TPSA) is 84.7 Å². The number of hydrogen-bond acceptors (Lipinski definition) is 6. The van der Waals surface area contributed by atoms with E-state index in [9.17, 15) is 8.42 Å². The largest absolute Gasteiger partial charge is 0.378 e. The van der Waals surface area contributed by atoms with Crippen LogP contribution in [-0.2, 0) is 14.8 Å². The number of ether oxygens (including phenoxy) is 1. The van der Waals surface area contributed by atoms with Crippen LogP contribution in [0, 0.1) is 13.8 Å². The molecule has 1 aromatic heterocycles. The lowest BCUT2D eigenvalue weighted by Crippen LogP contribution is -2.36. The lowest BCUT2D eigenvalue weighted by atomic mass is 10.2. The predicted octanol–water partition coefficient (Wildman–Crippen LogP) is 2.58. The van der Waals surface area contributed by atoms with Gasteiger partial charge in [-0.05, 0) is 32.0 Å². The molecule has 0 unspecified atom stereocenters. The van der Waals surface area contributed by atoms with Crippen molar-refractivity contribution in [1.82, 2.24) is 5.16 Å². The minimum atomic E-state index is -3.84.